The highest BCUT2D eigenvalue weighted by atomic mass is 16.5. The molecule has 0 radical (unpaired) electrons. The predicted octanol–water partition coefficient (Wildman–Crippen LogP) is 3.43. The first-order chi connectivity index (χ1) is 19.9. The smallest absolute Gasteiger partial charge is 0.267 e. The maximum absolute atomic E-state index is 13.7. The number of carbonyl (C=O) groups is 2. The van der Waals surface area contributed by atoms with E-state index in [1.165, 1.54) is 16.9 Å². The Balaban J connectivity index is 1.40. The number of nitrogens with zero attached hydrogens (tertiary/aromatic N) is 4. The zero-order valence-corrected chi connectivity index (χ0v) is 22.6. The molecule has 7 rings (SSSR count). The summed E-state index contributed by atoms with van der Waals surface area (Å²) in [5, 5.41) is 7.15. The monoisotopic (exact) mass is 551 g/mol. The minimum Gasteiger partial charge on any atom is -0.494 e. The molecule has 0 fully saturated rings. The van der Waals surface area contributed by atoms with E-state index in [1.54, 1.807) is 30.2 Å². The number of amides is 2. The van der Waals surface area contributed by atoms with Gasteiger partial charge in [-0.25, -0.2) is 4.68 Å². The average molecular weight is 552 g/mol. The number of ether oxygens (including phenoxy) is 2. The summed E-state index contributed by atoms with van der Waals surface area (Å²) in [5.41, 5.74) is 3.64. The Hall–Kier alpha value is -4.99. The van der Waals surface area contributed by atoms with Gasteiger partial charge in [0.2, 0.25) is 5.91 Å². The number of hydrogen-bond acceptors (Lipinski definition) is 7. The van der Waals surface area contributed by atoms with Crippen molar-refractivity contribution in [1.82, 2.24) is 25.0 Å². The molecular formula is C31H29N5O5. The maximum Gasteiger partial charge on any atom is 0.267 e. The molecule has 0 aliphatic carbocycles. The molecule has 0 saturated carbocycles. The highest BCUT2D eigenvalue weighted by molar-refractivity contribution is 5.94. The molecule has 8 bridgehead atoms. The molecule has 0 spiro atoms. The normalized spacial score (nSPS) is 16.6. The van der Waals surface area contributed by atoms with Gasteiger partial charge in [0.05, 0.1) is 30.1 Å². The Morgan fingerprint density at radius 1 is 1.02 bits per heavy atom. The lowest BCUT2D eigenvalue weighted by Gasteiger charge is -2.38. The average Bonchev–Trinajstić information content (AvgIpc) is 2.98. The molecule has 208 valence electrons. The van der Waals surface area contributed by atoms with Crippen LogP contribution in [0, 0.1) is 6.92 Å². The summed E-state index contributed by atoms with van der Waals surface area (Å²) in [6.07, 6.45) is 4.28. The maximum atomic E-state index is 13.7. The van der Waals surface area contributed by atoms with Crippen molar-refractivity contribution in [1.29, 1.82) is 0 Å². The van der Waals surface area contributed by atoms with E-state index >= 15 is 0 Å². The first kappa shape index (κ1) is 26.2. The minimum atomic E-state index is -0.396. The van der Waals surface area contributed by atoms with Crippen molar-refractivity contribution < 1.29 is 19.1 Å². The second-order valence-electron chi connectivity index (χ2n) is 10.1. The SMILES string of the molecule is Cc1ccc(=O)n(CC(=O)N2CCc3cc4ccc3C2c2cccc(c2)OCCCNC(=O)c2cncc(c2)O4)n1. The number of aryl methyl sites for hydroxylation is 1. The van der Waals surface area contributed by atoms with Crippen LogP contribution in [-0.4, -0.2) is 51.2 Å². The van der Waals surface area contributed by atoms with E-state index in [1.807, 2.05) is 42.5 Å². The fourth-order valence-corrected chi connectivity index (χ4v) is 5.25. The molecule has 2 aromatic heterocycles. The fourth-order valence-electron chi connectivity index (χ4n) is 5.25. The third kappa shape index (κ3) is 5.67. The molecule has 3 aliphatic heterocycles. The number of nitrogens with one attached hydrogen (secondary N) is 1. The van der Waals surface area contributed by atoms with Crippen LogP contribution >= 0.6 is 0 Å². The standard InChI is InChI=1S/C31H29N5O5/c1-20-6-9-28(37)36(34-20)19-29(38)35-12-10-21-14-25-7-8-27(21)30(35)22-4-2-5-24(15-22)40-13-3-11-33-31(39)23-16-26(41-25)18-32-17-23/h2,4-9,14-18,30H,3,10-13,19H2,1H3,(H,33,39). The number of fused-ring (bicyclic) bond motifs is 6. The lowest BCUT2D eigenvalue weighted by molar-refractivity contribution is -0.134. The van der Waals surface area contributed by atoms with Crippen LogP contribution in [0.2, 0.25) is 0 Å². The third-order valence-corrected chi connectivity index (χ3v) is 7.21. The van der Waals surface area contributed by atoms with Crippen molar-refractivity contribution in [3.05, 3.63) is 111 Å². The number of carbonyl (C=O) groups excluding carboxylic acids is 2. The van der Waals surface area contributed by atoms with Gasteiger partial charge in [0.1, 0.15) is 23.8 Å². The second-order valence-corrected chi connectivity index (χ2v) is 10.1. The van der Waals surface area contributed by atoms with Crippen LogP contribution in [0.1, 0.15) is 45.2 Å². The molecule has 1 atom stereocenters. The molecule has 2 aromatic carbocycles. The molecule has 5 heterocycles. The first-order valence-electron chi connectivity index (χ1n) is 13.6. The van der Waals surface area contributed by atoms with Gasteiger partial charge in [0.25, 0.3) is 11.5 Å². The van der Waals surface area contributed by atoms with E-state index in [-0.39, 0.29) is 23.9 Å². The van der Waals surface area contributed by atoms with Gasteiger partial charge in [-0.3, -0.25) is 19.4 Å². The van der Waals surface area contributed by atoms with Crippen LogP contribution in [-0.2, 0) is 17.8 Å². The van der Waals surface area contributed by atoms with Gasteiger partial charge in [0.15, 0.2) is 0 Å². The van der Waals surface area contributed by atoms with Crippen LogP contribution in [0.4, 0.5) is 0 Å². The summed E-state index contributed by atoms with van der Waals surface area (Å²) in [5.74, 6) is 1.30. The zero-order valence-electron chi connectivity index (χ0n) is 22.6. The summed E-state index contributed by atoms with van der Waals surface area (Å²) in [7, 11) is 0. The topological polar surface area (TPSA) is 116 Å². The Labute approximate surface area is 236 Å². The molecule has 2 amide bonds. The predicted molar refractivity (Wildman–Crippen MR) is 150 cm³/mol. The van der Waals surface area contributed by atoms with Crippen molar-refractivity contribution in [3.63, 3.8) is 0 Å². The highest BCUT2D eigenvalue weighted by Gasteiger charge is 2.33. The molecule has 3 aliphatic rings. The van der Waals surface area contributed by atoms with E-state index in [2.05, 4.69) is 15.4 Å². The van der Waals surface area contributed by atoms with Gasteiger partial charge in [-0.2, -0.15) is 5.10 Å². The Morgan fingerprint density at radius 3 is 2.83 bits per heavy atom. The number of aromatic nitrogens is 3. The molecule has 1 N–H and O–H groups in total. The van der Waals surface area contributed by atoms with Crippen molar-refractivity contribution >= 4 is 11.8 Å². The van der Waals surface area contributed by atoms with Gasteiger partial charge in [0, 0.05) is 25.4 Å². The molecular weight excluding hydrogens is 522 g/mol. The molecule has 41 heavy (non-hydrogen) atoms. The summed E-state index contributed by atoms with van der Waals surface area (Å²) in [4.78, 5) is 44.7. The quantitative estimate of drug-likeness (QED) is 0.406. The lowest BCUT2D eigenvalue weighted by atomic mass is 9.87. The summed E-state index contributed by atoms with van der Waals surface area (Å²) in [6, 6.07) is 17.8. The number of benzene rings is 2. The molecule has 10 heteroatoms. The Bertz CT molecular complexity index is 1680. The lowest BCUT2D eigenvalue weighted by Crippen LogP contribution is -2.43. The first-order valence-corrected chi connectivity index (χ1v) is 13.6. The van der Waals surface area contributed by atoms with Crippen molar-refractivity contribution in [2.75, 3.05) is 19.7 Å². The molecule has 10 nitrogen and oxygen atoms in total. The van der Waals surface area contributed by atoms with Gasteiger partial charge in [-0.1, -0.05) is 18.2 Å². The Kier molecular flexibility index (Phi) is 7.20. The number of pyridine rings is 1. The van der Waals surface area contributed by atoms with E-state index in [9.17, 15) is 14.4 Å². The second kappa shape index (κ2) is 11.2. The summed E-state index contributed by atoms with van der Waals surface area (Å²) >= 11 is 0. The van der Waals surface area contributed by atoms with Gasteiger partial charge in [-0.15, -0.1) is 0 Å². The van der Waals surface area contributed by atoms with Crippen molar-refractivity contribution in [3.8, 4) is 17.2 Å². The van der Waals surface area contributed by atoms with Gasteiger partial charge >= 0.3 is 0 Å². The van der Waals surface area contributed by atoms with Gasteiger partial charge in [-0.05, 0) is 72.9 Å². The van der Waals surface area contributed by atoms with Gasteiger partial charge < -0.3 is 19.7 Å². The van der Waals surface area contributed by atoms with Crippen LogP contribution in [0.5, 0.6) is 17.2 Å². The van der Waals surface area contributed by atoms with E-state index < -0.39 is 6.04 Å². The van der Waals surface area contributed by atoms with E-state index in [4.69, 9.17) is 9.47 Å². The van der Waals surface area contributed by atoms with Crippen molar-refractivity contribution in [2.45, 2.75) is 32.4 Å². The van der Waals surface area contributed by atoms with Crippen molar-refractivity contribution in [2.24, 2.45) is 0 Å². The van der Waals surface area contributed by atoms with E-state index in [0.29, 0.717) is 61.0 Å². The van der Waals surface area contributed by atoms with Crippen LogP contribution in [0.25, 0.3) is 0 Å². The number of rotatable bonds is 2. The summed E-state index contributed by atoms with van der Waals surface area (Å²) in [6.45, 7) is 2.92. The molecule has 4 aromatic rings. The highest BCUT2D eigenvalue weighted by Crippen LogP contribution is 2.38. The van der Waals surface area contributed by atoms with E-state index in [0.717, 1.165) is 16.7 Å². The van der Waals surface area contributed by atoms with Crippen LogP contribution in [0.15, 0.2) is 77.9 Å². The minimum absolute atomic E-state index is 0.154. The summed E-state index contributed by atoms with van der Waals surface area (Å²) < 4.78 is 13.3. The number of hydrogen-bond donors (Lipinski definition) is 1. The fraction of sp³-hybridized carbons (Fsp3) is 0.258. The van der Waals surface area contributed by atoms with Crippen LogP contribution < -0.4 is 20.3 Å². The molecule has 1 unspecified atom stereocenters. The molecule has 0 saturated heterocycles. The third-order valence-electron chi connectivity index (χ3n) is 7.21. The largest absolute Gasteiger partial charge is 0.494 e. The Morgan fingerprint density at radius 2 is 1.93 bits per heavy atom. The zero-order chi connectivity index (χ0) is 28.3. The van der Waals surface area contributed by atoms with Crippen LogP contribution in [0.3, 0.4) is 0 Å².